The van der Waals surface area contributed by atoms with Crippen LogP contribution in [-0.2, 0) is 0 Å². The maximum absolute atomic E-state index is 9.76. The summed E-state index contributed by atoms with van der Waals surface area (Å²) in [6, 6.07) is 0.269. The Morgan fingerprint density at radius 3 is 2.44 bits per heavy atom. The molecule has 0 radical (unpaired) electrons. The summed E-state index contributed by atoms with van der Waals surface area (Å²) in [6.07, 6.45) is 0.984. The quantitative estimate of drug-likeness (QED) is 0.883. The zero-order valence-electron chi connectivity index (χ0n) is 9.94. The van der Waals surface area contributed by atoms with E-state index in [4.69, 9.17) is 16.3 Å². The SMILES string of the molecule is COc1ncc(Cl)c(C(C(C)C)C(C)O)n1. The second-order valence-corrected chi connectivity index (χ2v) is 4.51. The van der Waals surface area contributed by atoms with Crippen LogP contribution >= 0.6 is 11.6 Å². The minimum atomic E-state index is -0.517. The zero-order chi connectivity index (χ0) is 12.3. The number of nitrogens with zero attached hydrogens (tertiary/aromatic N) is 2. The Morgan fingerprint density at radius 1 is 1.38 bits per heavy atom. The lowest BCUT2D eigenvalue weighted by Gasteiger charge is -2.24. The largest absolute Gasteiger partial charge is 0.467 e. The van der Waals surface area contributed by atoms with Crippen LogP contribution in [-0.4, -0.2) is 28.3 Å². The molecule has 0 aliphatic heterocycles. The molecule has 2 unspecified atom stereocenters. The van der Waals surface area contributed by atoms with E-state index < -0.39 is 6.10 Å². The van der Waals surface area contributed by atoms with Crippen LogP contribution in [0.25, 0.3) is 0 Å². The second kappa shape index (κ2) is 5.46. The minimum absolute atomic E-state index is 0.121. The lowest BCUT2D eigenvalue weighted by atomic mass is 9.88. The standard InChI is InChI=1S/C11H17ClN2O2/c1-6(2)9(7(3)15)10-8(12)5-13-11(14-10)16-4/h5-7,9,15H,1-4H3. The molecule has 4 nitrogen and oxygen atoms in total. The Hall–Kier alpha value is -0.870. The summed E-state index contributed by atoms with van der Waals surface area (Å²) in [5.74, 6) is 0.113. The maximum atomic E-state index is 9.76. The van der Waals surface area contributed by atoms with E-state index >= 15 is 0 Å². The number of aliphatic hydroxyl groups is 1. The van der Waals surface area contributed by atoms with Crippen molar-refractivity contribution in [2.24, 2.45) is 5.92 Å². The Morgan fingerprint density at radius 2 is 2.00 bits per heavy atom. The summed E-state index contributed by atoms with van der Waals surface area (Å²) in [5, 5.41) is 10.2. The fourth-order valence-corrected chi connectivity index (χ4v) is 2.01. The molecule has 0 fully saturated rings. The molecule has 1 aromatic rings. The Bertz CT molecular complexity index is 348. The van der Waals surface area contributed by atoms with Crippen LogP contribution in [0.15, 0.2) is 6.20 Å². The van der Waals surface area contributed by atoms with Crippen LogP contribution in [0.1, 0.15) is 32.4 Å². The van der Waals surface area contributed by atoms with Crippen molar-refractivity contribution in [2.75, 3.05) is 7.11 Å². The van der Waals surface area contributed by atoms with E-state index in [0.29, 0.717) is 10.7 Å². The Balaban J connectivity index is 3.17. The highest BCUT2D eigenvalue weighted by Crippen LogP contribution is 2.31. The average Bonchev–Trinajstić information content (AvgIpc) is 2.20. The van der Waals surface area contributed by atoms with Gasteiger partial charge in [-0.25, -0.2) is 4.98 Å². The molecule has 1 N–H and O–H groups in total. The first-order chi connectivity index (χ1) is 7.47. The van der Waals surface area contributed by atoms with Crippen LogP contribution in [0.5, 0.6) is 6.01 Å². The highest BCUT2D eigenvalue weighted by molar-refractivity contribution is 6.31. The van der Waals surface area contributed by atoms with Gasteiger partial charge in [-0.3, -0.25) is 0 Å². The monoisotopic (exact) mass is 244 g/mol. The normalized spacial score (nSPS) is 14.9. The van der Waals surface area contributed by atoms with Gasteiger partial charge in [0.05, 0.1) is 30.1 Å². The molecule has 2 atom stereocenters. The molecule has 0 spiro atoms. The third-order valence-electron chi connectivity index (χ3n) is 2.49. The van der Waals surface area contributed by atoms with Gasteiger partial charge in [-0.05, 0) is 12.8 Å². The molecule has 0 saturated carbocycles. The van der Waals surface area contributed by atoms with Crippen molar-refractivity contribution in [3.05, 3.63) is 16.9 Å². The predicted molar refractivity (Wildman–Crippen MR) is 62.9 cm³/mol. The van der Waals surface area contributed by atoms with Gasteiger partial charge in [0.1, 0.15) is 0 Å². The van der Waals surface area contributed by atoms with Gasteiger partial charge < -0.3 is 9.84 Å². The van der Waals surface area contributed by atoms with Crippen molar-refractivity contribution in [3.8, 4) is 6.01 Å². The summed E-state index contributed by atoms with van der Waals surface area (Å²) in [5.41, 5.74) is 0.638. The average molecular weight is 245 g/mol. The number of hydrogen-bond donors (Lipinski definition) is 1. The molecule has 0 aliphatic rings. The summed E-state index contributed by atoms with van der Waals surface area (Å²) >= 11 is 6.04. The van der Waals surface area contributed by atoms with Crippen LogP contribution in [0.4, 0.5) is 0 Å². The summed E-state index contributed by atoms with van der Waals surface area (Å²) < 4.78 is 4.96. The van der Waals surface area contributed by atoms with E-state index in [2.05, 4.69) is 9.97 Å². The van der Waals surface area contributed by atoms with Crippen LogP contribution < -0.4 is 4.74 Å². The Kier molecular flexibility index (Phi) is 4.50. The molecule has 0 amide bonds. The highest BCUT2D eigenvalue weighted by atomic mass is 35.5. The molecule has 0 saturated heterocycles. The Labute approximate surface area is 101 Å². The number of aromatic nitrogens is 2. The van der Waals surface area contributed by atoms with Gasteiger partial charge in [-0.15, -0.1) is 0 Å². The molecule has 1 rings (SSSR count). The maximum Gasteiger partial charge on any atom is 0.316 e. The molecular weight excluding hydrogens is 228 g/mol. The first kappa shape index (κ1) is 13.2. The van der Waals surface area contributed by atoms with Gasteiger partial charge >= 0.3 is 6.01 Å². The van der Waals surface area contributed by atoms with E-state index in [1.807, 2.05) is 13.8 Å². The number of halogens is 1. The highest BCUT2D eigenvalue weighted by Gasteiger charge is 2.25. The van der Waals surface area contributed by atoms with E-state index in [1.165, 1.54) is 13.3 Å². The van der Waals surface area contributed by atoms with Crippen molar-refractivity contribution >= 4 is 11.6 Å². The van der Waals surface area contributed by atoms with Gasteiger partial charge in [-0.1, -0.05) is 25.4 Å². The summed E-state index contributed by atoms with van der Waals surface area (Å²) in [6.45, 7) is 5.76. The number of rotatable bonds is 4. The van der Waals surface area contributed by atoms with Gasteiger partial charge in [0.2, 0.25) is 0 Å². The van der Waals surface area contributed by atoms with Crippen LogP contribution in [0.2, 0.25) is 5.02 Å². The van der Waals surface area contributed by atoms with E-state index in [0.717, 1.165) is 0 Å². The van der Waals surface area contributed by atoms with Gasteiger partial charge in [0.25, 0.3) is 0 Å². The van der Waals surface area contributed by atoms with Crippen LogP contribution in [0.3, 0.4) is 0 Å². The fourth-order valence-electron chi connectivity index (χ4n) is 1.80. The van der Waals surface area contributed by atoms with E-state index in [9.17, 15) is 5.11 Å². The van der Waals surface area contributed by atoms with Crippen molar-refractivity contribution in [2.45, 2.75) is 32.8 Å². The molecular formula is C11H17ClN2O2. The zero-order valence-corrected chi connectivity index (χ0v) is 10.7. The lowest BCUT2D eigenvalue weighted by Crippen LogP contribution is -2.22. The summed E-state index contributed by atoms with van der Waals surface area (Å²) in [7, 11) is 1.50. The van der Waals surface area contributed by atoms with Crippen molar-refractivity contribution < 1.29 is 9.84 Å². The lowest BCUT2D eigenvalue weighted by molar-refractivity contribution is 0.137. The van der Waals surface area contributed by atoms with Crippen molar-refractivity contribution in [3.63, 3.8) is 0 Å². The summed E-state index contributed by atoms with van der Waals surface area (Å²) in [4.78, 5) is 8.12. The number of hydrogen-bond acceptors (Lipinski definition) is 4. The van der Waals surface area contributed by atoms with Crippen molar-refractivity contribution in [1.29, 1.82) is 0 Å². The molecule has 0 bridgehead atoms. The topological polar surface area (TPSA) is 55.2 Å². The first-order valence-electron chi connectivity index (χ1n) is 5.21. The van der Waals surface area contributed by atoms with E-state index in [1.54, 1.807) is 6.92 Å². The van der Waals surface area contributed by atoms with Crippen molar-refractivity contribution in [1.82, 2.24) is 9.97 Å². The molecule has 5 heteroatoms. The van der Waals surface area contributed by atoms with Gasteiger partial charge in [-0.2, -0.15) is 4.98 Å². The molecule has 1 heterocycles. The molecule has 0 aromatic carbocycles. The molecule has 0 aliphatic carbocycles. The number of methoxy groups -OCH3 is 1. The first-order valence-corrected chi connectivity index (χ1v) is 5.59. The second-order valence-electron chi connectivity index (χ2n) is 4.10. The third kappa shape index (κ3) is 2.83. The number of ether oxygens (including phenoxy) is 1. The fraction of sp³-hybridized carbons (Fsp3) is 0.636. The minimum Gasteiger partial charge on any atom is -0.467 e. The molecule has 16 heavy (non-hydrogen) atoms. The van der Waals surface area contributed by atoms with Crippen LogP contribution in [0, 0.1) is 5.92 Å². The molecule has 1 aromatic heterocycles. The smallest absolute Gasteiger partial charge is 0.316 e. The third-order valence-corrected chi connectivity index (χ3v) is 2.78. The van der Waals surface area contributed by atoms with E-state index in [-0.39, 0.29) is 17.8 Å². The predicted octanol–water partition coefficient (Wildman–Crippen LogP) is 2.26. The van der Waals surface area contributed by atoms with Gasteiger partial charge in [0.15, 0.2) is 0 Å². The van der Waals surface area contributed by atoms with Gasteiger partial charge in [0, 0.05) is 5.92 Å². The molecule has 90 valence electrons. The number of aliphatic hydroxyl groups excluding tert-OH is 1.